The van der Waals surface area contributed by atoms with Crippen LogP contribution < -0.4 is 10.2 Å². The molecule has 21 heavy (non-hydrogen) atoms. The first-order valence-electron chi connectivity index (χ1n) is 6.67. The van der Waals surface area contributed by atoms with E-state index < -0.39 is 18.1 Å². The van der Waals surface area contributed by atoms with E-state index in [1.54, 1.807) is 19.9 Å². The molecule has 0 spiro atoms. The van der Waals surface area contributed by atoms with Crippen molar-refractivity contribution in [2.24, 2.45) is 0 Å². The lowest BCUT2D eigenvalue weighted by Gasteiger charge is -2.30. The van der Waals surface area contributed by atoms with Crippen molar-refractivity contribution in [3.63, 3.8) is 0 Å². The normalized spacial score (nSPS) is 17.9. The number of hydrogen-bond acceptors (Lipinski definition) is 3. The third-order valence-electron chi connectivity index (χ3n) is 3.05. The third kappa shape index (κ3) is 3.66. The van der Waals surface area contributed by atoms with Crippen molar-refractivity contribution >= 4 is 5.91 Å². The minimum absolute atomic E-state index is 0.000833. The molecule has 0 bridgehead atoms. The van der Waals surface area contributed by atoms with E-state index in [0.717, 1.165) is 5.01 Å². The lowest BCUT2D eigenvalue weighted by molar-refractivity contribution is -0.191. The standard InChI is InChI=1S/C14H17F3N2O2/c1-9(2)21-11-6-4-3-5-10(11)13(14(15,16)17)19-8-7-12(20)18-19/h3-6,9,13H,7-8H2,1-2H3,(H,18,20)/t13-/m0/s1. The topological polar surface area (TPSA) is 41.6 Å². The SMILES string of the molecule is CC(C)Oc1ccccc1[C@H](N1CCC(=O)N1)C(F)(F)F. The Kier molecular flexibility index (Phi) is 4.41. The molecular formula is C14H17F3N2O2. The fourth-order valence-electron chi connectivity index (χ4n) is 2.28. The molecule has 1 N–H and O–H groups in total. The summed E-state index contributed by atoms with van der Waals surface area (Å²) in [5, 5.41) is 0.921. The Morgan fingerprint density at radius 1 is 1.29 bits per heavy atom. The molecule has 1 amide bonds. The number of amides is 1. The van der Waals surface area contributed by atoms with E-state index in [0.29, 0.717) is 0 Å². The van der Waals surface area contributed by atoms with E-state index in [-0.39, 0.29) is 30.4 Å². The van der Waals surface area contributed by atoms with E-state index in [1.807, 2.05) is 0 Å². The van der Waals surface area contributed by atoms with Crippen LogP contribution in [0.3, 0.4) is 0 Å². The number of alkyl halides is 3. The summed E-state index contributed by atoms with van der Waals surface area (Å²) in [6.07, 6.45) is -4.71. The quantitative estimate of drug-likeness (QED) is 0.930. The average molecular weight is 302 g/mol. The van der Waals surface area contributed by atoms with Gasteiger partial charge in [0.25, 0.3) is 0 Å². The number of rotatable bonds is 4. The molecule has 1 aromatic carbocycles. The summed E-state index contributed by atoms with van der Waals surface area (Å²) in [5.41, 5.74) is 2.26. The first kappa shape index (κ1) is 15.6. The summed E-state index contributed by atoms with van der Waals surface area (Å²) in [6, 6.07) is 4.11. The molecule has 1 aliphatic rings. The number of nitrogens with zero attached hydrogens (tertiary/aromatic N) is 1. The number of para-hydroxylation sites is 1. The van der Waals surface area contributed by atoms with Crippen LogP contribution in [0.15, 0.2) is 24.3 Å². The zero-order valence-corrected chi connectivity index (χ0v) is 11.8. The Hall–Kier alpha value is -1.76. The number of nitrogens with one attached hydrogen (secondary N) is 1. The maximum absolute atomic E-state index is 13.5. The summed E-state index contributed by atoms with van der Waals surface area (Å²) >= 11 is 0. The highest BCUT2D eigenvalue weighted by Gasteiger charge is 2.48. The monoisotopic (exact) mass is 302 g/mol. The molecule has 1 saturated heterocycles. The molecule has 0 unspecified atom stereocenters. The van der Waals surface area contributed by atoms with Crippen LogP contribution >= 0.6 is 0 Å². The zero-order chi connectivity index (χ0) is 15.6. The van der Waals surface area contributed by atoms with Gasteiger partial charge in [-0.1, -0.05) is 18.2 Å². The molecule has 1 aromatic rings. The van der Waals surface area contributed by atoms with Crippen molar-refractivity contribution in [1.82, 2.24) is 10.4 Å². The Balaban J connectivity index is 2.40. The molecule has 0 aliphatic carbocycles. The second kappa shape index (κ2) is 5.93. The summed E-state index contributed by atoms with van der Waals surface area (Å²) in [4.78, 5) is 11.2. The van der Waals surface area contributed by atoms with Crippen molar-refractivity contribution in [3.05, 3.63) is 29.8 Å². The van der Waals surface area contributed by atoms with Gasteiger partial charge in [-0.2, -0.15) is 13.2 Å². The summed E-state index contributed by atoms with van der Waals surface area (Å²) in [7, 11) is 0. The lowest BCUT2D eigenvalue weighted by Crippen LogP contribution is -2.43. The zero-order valence-electron chi connectivity index (χ0n) is 11.8. The van der Waals surface area contributed by atoms with Gasteiger partial charge in [0.1, 0.15) is 5.75 Å². The van der Waals surface area contributed by atoms with Gasteiger partial charge in [0.2, 0.25) is 5.91 Å². The first-order valence-corrected chi connectivity index (χ1v) is 6.67. The first-order chi connectivity index (χ1) is 9.79. The van der Waals surface area contributed by atoms with Crippen LogP contribution in [-0.4, -0.2) is 29.7 Å². The van der Waals surface area contributed by atoms with Gasteiger partial charge in [-0.05, 0) is 19.9 Å². The van der Waals surface area contributed by atoms with Crippen molar-refractivity contribution in [2.45, 2.75) is 38.6 Å². The fraction of sp³-hybridized carbons (Fsp3) is 0.500. The highest BCUT2D eigenvalue weighted by atomic mass is 19.4. The molecule has 1 aliphatic heterocycles. The van der Waals surface area contributed by atoms with Crippen molar-refractivity contribution < 1.29 is 22.7 Å². The molecule has 1 heterocycles. The molecular weight excluding hydrogens is 285 g/mol. The van der Waals surface area contributed by atoms with Crippen LogP contribution in [0.4, 0.5) is 13.2 Å². The molecule has 1 atom stereocenters. The van der Waals surface area contributed by atoms with Crippen molar-refractivity contribution in [3.8, 4) is 5.75 Å². The van der Waals surface area contributed by atoms with Crippen molar-refractivity contribution in [1.29, 1.82) is 0 Å². The highest BCUT2D eigenvalue weighted by molar-refractivity contribution is 5.77. The van der Waals surface area contributed by atoms with Gasteiger partial charge in [0, 0.05) is 18.5 Å². The van der Waals surface area contributed by atoms with Gasteiger partial charge < -0.3 is 4.74 Å². The molecule has 1 fully saturated rings. The maximum atomic E-state index is 13.5. The summed E-state index contributed by atoms with van der Waals surface area (Å²) < 4.78 is 45.8. The number of ether oxygens (including phenoxy) is 1. The van der Waals surface area contributed by atoms with Crippen molar-refractivity contribution in [2.75, 3.05) is 6.54 Å². The van der Waals surface area contributed by atoms with Gasteiger partial charge in [-0.25, -0.2) is 5.01 Å². The van der Waals surface area contributed by atoms with Crippen LogP contribution in [-0.2, 0) is 4.79 Å². The van der Waals surface area contributed by atoms with Crippen LogP contribution in [0, 0.1) is 0 Å². The summed E-state index contributed by atoms with van der Waals surface area (Å²) in [6.45, 7) is 3.51. The number of benzene rings is 1. The average Bonchev–Trinajstić information content (AvgIpc) is 2.75. The lowest BCUT2D eigenvalue weighted by atomic mass is 10.0. The molecule has 0 aromatic heterocycles. The third-order valence-corrected chi connectivity index (χ3v) is 3.05. The van der Waals surface area contributed by atoms with E-state index in [2.05, 4.69) is 5.43 Å². The van der Waals surface area contributed by atoms with E-state index in [4.69, 9.17) is 4.74 Å². The van der Waals surface area contributed by atoms with E-state index in [1.165, 1.54) is 18.2 Å². The predicted molar refractivity (Wildman–Crippen MR) is 70.5 cm³/mol. The number of carbonyl (C=O) groups is 1. The van der Waals surface area contributed by atoms with Gasteiger partial charge in [-0.15, -0.1) is 0 Å². The van der Waals surface area contributed by atoms with Crippen LogP contribution in [0.25, 0.3) is 0 Å². The van der Waals surface area contributed by atoms with Crippen LogP contribution in [0.1, 0.15) is 31.9 Å². The Morgan fingerprint density at radius 3 is 2.48 bits per heavy atom. The highest BCUT2D eigenvalue weighted by Crippen LogP contribution is 2.41. The summed E-state index contributed by atoms with van der Waals surface area (Å²) in [5.74, 6) is -0.234. The fourth-order valence-corrected chi connectivity index (χ4v) is 2.28. The Morgan fingerprint density at radius 2 is 1.95 bits per heavy atom. The van der Waals surface area contributed by atoms with Gasteiger partial charge in [0.15, 0.2) is 6.04 Å². The molecule has 7 heteroatoms. The smallest absolute Gasteiger partial charge is 0.410 e. The molecule has 116 valence electrons. The van der Waals surface area contributed by atoms with Gasteiger partial charge in [-0.3, -0.25) is 10.2 Å². The molecule has 0 radical (unpaired) electrons. The number of hydrogen-bond donors (Lipinski definition) is 1. The van der Waals surface area contributed by atoms with Gasteiger partial charge in [0.05, 0.1) is 6.10 Å². The maximum Gasteiger partial charge on any atom is 0.410 e. The van der Waals surface area contributed by atoms with E-state index in [9.17, 15) is 18.0 Å². The predicted octanol–water partition coefficient (Wildman–Crippen LogP) is 2.81. The van der Waals surface area contributed by atoms with Gasteiger partial charge >= 0.3 is 6.18 Å². The minimum atomic E-state index is -4.52. The van der Waals surface area contributed by atoms with Crippen LogP contribution in [0.5, 0.6) is 5.75 Å². The Labute approximate surface area is 120 Å². The largest absolute Gasteiger partial charge is 0.491 e. The van der Waals surface area contributed by atoms with E-state index >= 15 is 0 Å². The number of halogens is 3. The number of carbonyl (C=O) groups excluding carboxylic acids is 1. The molecule has 0 saturated carbocycles. The molecule has 2 rings (SSSR count). The second-order valence-electron chi connectivity index (χ2n) is 5.13. The molecule has 4 nitrogen and oxygen atoms in total. The Bertz CT molecular complexity index is 517. The minimum Gasteiger partial charge on any atom is -0.491 e. The second-order valence-corrected chi connectivity index (χ2v) is 5.13. The number of hydrazine groups is 1. The van der Waals surface area contributed by atoms with Crippen LogP contribution in [0.2, 0.25) is 0 Å².